The number of aliphatic hydroxyl groups is 1. The maximum atomic E-state index is 12.0. The van der Waals surface area contributed by atoms with E-state index in [0.717, 1.165) is 0 Å². The van der Waals surface area contributed by atoms with Gasteiger partial charge in [0.25, 0.3) is 5.91 Å². The van der Waals surface area contributed by atoms with Gasteiger partial charge in [0.1, 0.15) is 5.75 Å². The molecule has 0 radical (unpaired) electrons. The Morgan fingerprint density at radius 2 is 2.11 bits per heavy atom. The van der Waals surface area contributed by atoms with Gasteiger partial charge in [-0.2, -0.15) is 0 Å². The van der Waals surface area contributed by atoms with E-state index in [1.807, 2.05) is 0 Å². The quantitative estimate of drug-likeness (QED) is 0.776. The molecule has 0 bridgehead atoms. The second-order valence-electron chi connectivity index (χ2n) is 3.58. The molecule has 1 aromatic carbocycles. The highest BCUT2D eigenvalue weighted by Gasteiger charge is 2.22. The van der Waals surface area contributed by atoms with Crippen molar-refractivity contribution < 1.29 is 24.2 Å². The number of benzene rings is 1. The van der Waals surface area contributed by atoms with Crippen LogP contribution in [0.15, 0.2) is 22.7 Å². The number of amides is 1. The SMILES string of the molecule is COC(=O)C(CO)NC(=O)c1cc(OC)ccc1Br. The maximum absolute atomic E-state index is 12.0. The average molecular weight is 332 g/mol. The largest absolute Gasteiger partial charge is 0.497 e. The molecule has 0 aromatic heterocycles. The Hall–Kier alpha value is -1.60. The molecule has 0 aliphatic rings. The van der Waals surface area contributed by atoms with Crippen LogP contribution in [-0.2, 0) is 9.53 Å². The van der Waals surface area contributed by atoms with Crippen molar-refractivity contribution in [3.05, 3.63) is 28.2 Å². The number of nitrogens with one attached hydrogen (secondary N) is 1. The summed E-state index contributed by atoms with van der Waals surface area (Å²) in [7, 11) is 2.66. The molecule has 1 amide bonds. The number of halogens is 1. The summed E-state index contributed by atoms with van der Waals surface area (Å²) in [6.45, 7) is -0.542. The molecule has 0 heterocycles. The summed E-state index contributed by atoms with van der Waals surface area (Å²) in [6, 6.07) is 3.76. The van der Waals surface area contributed by atoms with Crippen molar-refractivity contribution in [2.75, 3.05) is 20.8 Å². The Kier molecular flexibility index (Phi) is 5.78. The van der Waals surface area contributed by atoms with E-state index in [1.165, 1.54) is 20.3 Å². The van der Waals surface area contributed by atoms with Crippen molar-refractivity contribution in [3.63, 3.8) is 0 Å². The van der Waals surface area contributed by atoms with E-state index in [1.54, 1.807) is 12.1 Å². The van der Waals surface area contributed by atoms with E-state index >= 15 is 0 Å². The summed E-state index contributed by atoms with van der Waals surface area (Å²) in [4.78, 5) is 23.3. The topological polar surface area (TPSA) is 84.9 Å². The third-order valence-corrected chi connectivity index (χ3v) is 3.08. The van der Waals surface area contributed by atoms with Crippen LogP contribution in [0.2, 0.25) is 0 Å². The Bertz CT molecular complexity index is 477. The molecule has 1 unspecified atom stereocenters. The van der Waals surface area contributed by atoms with Gasteiger partial charge in [-0.3, -0.25) is 4.79 Å². The fourth-order valence-electron chi connectivity index (χ4n) is 1.36. The zero-order valence-electron chi connectivity index (χ0n) is 10.5. The molecule has 0 saturated carbocycles. The van der Waals surface area contributed by atoms with E-state index in [2.05, 4.69) is 26.0 Å². The van der Waals surface area contributed by atoms with Gasteiger partial charge in [0.05, 0.1) is 26.4 Å². The standard InChI is InChI=1S/C12H14BrNO5/c1-18-7-3-4-9(13)8(5-7)11(16)14-10(6-15)12(17)19-2/h3-5,10,15H,6H2,1-2H3,(H,14,16). The molecule has 1 atom stereocenters. The van der Waals surface area contributed by atoms with Gasteiger partial charge in [-0.1, -0.05) is 0 Å². The molecule has 0 saturated heterocycles. The number of methoxy groups -OCH3 is 2. The number of ether oxygens (including phenoxy) is 2. The first-order valence-electron chi connectivity index (χ1n) is 5.36. The maximum Gasteiger partial charge on any atom is 0.330 e. The molecular formula is C12H14BrNO5. The number of hydrogen-bond donors (Lipinski definition) is 2. The number of hydrogen-bond acceptors (Lipinski definition) is 5. The average Bonchev–Trinajstić information content (AvgIpc) is 2.44. The summed E-state index contributed by atoms with van der Waals surface area (Å²) in [6.07, 6.45) is 0. The van der Waals surface area contributed by atoms with Crippen LogP contribution in [0.5, 0.6) is 5.75 Å². The smallest absolute Gasteiger partial charge is 0.330 e. The zero-order chi connectivity index (χ0) is 14.4. The molecule has 0 aliphatic heterocycles. The van der Waals surface area contributed by atoms with Crippen LogP contribution in [0.4, 0.5) is 0 Å². The summed E-state index contributed by atoms with van der Waals surface area (Å²) < 4.78 is 10.0. The van der Waals surface area contributed by atoms with Crippen molar-refractivity contribution in [1.82, 2.24) is 5.32 Å². The van der Waals surface area contributed by atoms with Crippen LogP contribution in [0, 0.1) is 0 Å². The van der Waals surface area contributed by atoms with Crippen molar-refractivity contribution >= 4 is 27.8 Å². The van der Waals surface area contributed by atoms with Crippen LogP contribution in [-0.4, -0.2) is 43.9 Å². The van der Waals surface area contributed by atoms with Crippen molar-refractivity contribution in [2.45, 2.75) is 6.04 Å². The van der Waals surface area contributed by atoms with E-state index < -0.39 is 24.5 Å². The Balaban J connectivity index is 2.91. The first-order valence-corrected chi connectivity index (χ1v) is 6.15. The number of carbonyl (C=O) groups is 2. The van der Waals surface area contributed by atoms with Crippen LogP contribution < -0.4 is 10.1 Å². The van der Waals surface area contributed by atoms with E-state index in [9.17, 15) is 9.59 Å². The van der Waals surface area contributed by atoms with Gasteiger partial charge in [-0.05, 0) is 34.1 Å². The minimum Gasteiger partial charge on any atom is -0.497 e. The molecule has 1 aromatic rings. The molecule has 0 fully saturated rings. The third-order valence-electron chi connectivity index (χ3n) is 2.39. The molecule has 6 nitrogen and oxygen atoms in total. The molecule has 19 heavy (non-hydrogen) atoms. The third kappa shape index (κ3) is 3.93. The van der Waals surface area contributed by atoms with Gasteiger partial charge >= 0.3 is 5.97 Å². The summed E-state index contributed by atoms with van der Waals surface area (Å²) in [5.41, 5.74) is 0.293. The highest BCUT2D eigenvalue weighted by molar-refractivity contribution is 9.10. The monoisotopic (exact) mass is 331 g/mol. The van der Waals surface area contributed by atoms with Crippen LogP contribution >= 0.6 is 15.9 Å². The van der Waals surface area contributed by atoms with Crippen LogP contribution in [0.25, 0.3) is 0 Å². The first kappa shape index (κ1) is 15.5. The van der Waals surface area contributed by atoms with Crippen molar-refractivity contribution in [2.24, 2.45) is 0 Å². The molecular weight excluding hydrogens is 318 g/mol. The Morgan fingerprint density at radius 1 is 1.42 bits per heavy atom. The fourth-order valence-corrected chi connectivity index (χ4v) is 1.79. The van der Waals surface area contributed by atoms with E-state index in [-0.39, 0.29) is 0 Å². The van der Waals surface area contributed by atoms with Gasteiger partial charge in [0.2, 0.25) is 0 Å². The molecule has 0 aliphatic carbocycles. The second kappa shape index (κ2) is 7.10. The minimum atomic E-state index is -1.10. The predicted octanol–water partition coefficient (Wildman–Crippen LogP) is 0.721. The summed E-state index contributed by atoms with van der Waals surface area (Å²) in [5.74, 6) is -0.725. The number of rotatable bonds is 5. The summed E-state index contributed by atoms with van der Waals surface area (Å²) >= 11 is 3.23. The minimum absolute atomic E-state index is 0.293. The van der Waals surface area contributed by atoms with Crippen molar-refractivity contribution in [1.29, 1.82) is 0 Å². The molecule has 104 valence electrons. The van der Waals surface area contributed by atoms with Crippen LogP contribution in [0.1, 0.15) is 10.4 Å². The van der Waals surface area contributed by atoms with Gasteiger partial charge in [-0.15, -0.1) is 0 Å². The number of esters is 1. The lowest BCUT2D eigenvalue weighted by atomic mass is 10.2. The lowest BCUT2D eigenvalue weighted by Gasteiger charge is -2.14. The fraction of sp³-hybridized carbons (Fsp3) is 0.333. The highest BCUT2D eigenvalue weighted by Crippen LogP contribution is 2.22. The Morgan fingerprint density at radius 3 is 2.63 bits per heavy atom. The second-order valence-corrected chi connectivity index (χ2v) is 4.43. The number of aliphatic hydroxyl groups excluding tert-OH is 1. The lowest BCUT2D eigenvalue weighted by molar-refractivity contribution is -0.143. The molecule has 2 N–H and O–H groups in total. The van der Waals surface area contributed by atoms with Crippen molar-refractivity contribution in [3.8, 4) is 5.75 Å². The van der Waals surface area contributed by atoms with Gasteiger partial charge in [0.15, 0.2) is 6.04 Å². The van der Waals surface area contributed by atoms with Crippen LogP contribution in [0.3, 0.4) is 0 Å². The lowest BCUT2D eigenvalue weighted by Crippen LogP contribution is -2.44. The number of carbonyl (C=O) groups excluding carboxylic acids is 2. The predicted molar refractivity (Wildman–Crippen MR) is 71.1 cm³/mol. The molecule has 7 heteroatoms. The zero-order valence-corrected chi connectivity index (χ0v) is 12.1. The van der Waals surface area contributed by atoms with E-state index in [0.29, 0.717) is 15.8 Å². The molecule has 0 spiro atoms. The van der Waals surface area contributed by atoms with Gasteiger partial charge in [0, 0.05) is 4.47 Å². The highest BCUT2D eigenvalue weighted by atomic mass is 79.9. The van der Waals surface area contributed by atoms with Gasteiger partial charge < -0.3 is 19.9 Å². The Labute approximate surface area is 118 Å². The summed E-state index contributed by atoms with van der Waals surface area (Å²) in [5, 5.41) is 11.4. The van der Waals surface area contributed by atoms with Gasteiger partial charge in [-0.25, -0.2) is 4.79 Å². The first-order chi connectivity index (χ1) is 9.03. The van der Waals surface area contributed by atoms with E-state index in [4.69, 9.17) is 9.84 Å². The molecule has 1 rings (SSSR count). The normalized spacial score (nSPS) is 11.6.